The number of esters is 1. The van der Waals surface area contributed by atoms with E-state index in [4.69, 9.17) is 4.74 Å². The number of carbonyl (C=O) groups excluding carboxylic acids is 1. The maximum Gasteiger partial charge on any atom is 0.330 e. The van der Waals surface area contributed by atoms with Crippen molar-refractivity contribution >= 4 is 5.97 Å². The minimum absolute atomic E-state index is 0.0406. The van der Waals surface area contributed by atoms with Crippen molar-refractivity contribution in [3.63, 3.8) is 0 Å². The van der Waals surface area contributed by atoms with E-state index in [-0.39, 0.29) is 22.9 Å². The van der Waals surface area contributed by atoms with Crippen LogP contribution in [-0.4, -0.2) is 24.3 Å². The van der Waals surface area contributed by atoms with Crippen LogP contribution < -0.4 is 0 Å². The lowest BCUT2D eigenvalue weighted by atomic mass is 9.46. The zero-order valence-electron chi connectivity index (χ0n) is 16.0. The molecule has 0 aromatic carbocycles. The van der Waals surface area contributed by atoms with E-state index in [9.17, 15) is 9.90 Å². The van der Waals surface area contributed by atoms with Crippen molar-refractivity contribution in [1.82, 2.24) is 0 Å². The summed E-state index contributed by atoms with van der Waals surface area (Å²) in [5, 5.41) is 10.3. The van der Waals surface area contributed by atoms with Gasteiger partial charge < -0.3 is 9.84 Å². The molecule has 0 aromatic heterocycles. The molecular weight excluding hydrogens is 300 g/mol. The quantitative estimate of drug-likeness (QED) is 0.462. The maximum absolute atomic E-state index is 11.4. The van der Waals surface area contributed by atoms with Gasteiger partial charge in [0.05, 0.1) is 13.2 Å². The van der Waals surface area contributed by atoms with Crippen molar-refractivity contribution < 1.29 is 14.6 Å². The van der Waals surface area contributed by atoms with Crippen molar-refractivity contribution in [3.05, 3.63) is 23.8 Å². The zero-order valence-corrected chi connectivity index (χ0v) is 16.0. The third-order valence-corrected chi connectivity index (χ3v) is 7.28. The number of rotatable bonds is 4. The Morgan fingerprint density at radius 1 is 1.38 bits per heavy atom. The number of aliphatic hydroxyl groups excluding tert-OH is 1. The van der Waals surface area contributed by atoms with Crippen LogP contribution in [0.1, 0.15) is 66.2 Å². The Morgan fingerprint density at radius 2 is 2.04 bits per heavy atom. The smallest absolute Gasteiger partial charge is 0.330 e. The highest BCUT2D eigenvalue weighted by Crippen LogP contribution is 2.62. The van der Waals surface area contributed by atoms with E-state index in [2.05, 4.69) is 27.4 Å². The van der Waals surface area contributed by atoms with Crippen molar-refractivity contribution in [2.45, 2.75) is 72.3 Å². The molecule has 0 unspecified atom stereocenters. The highest BCUT2D eigenvalue weighted by atomic mass is 16.5. The molecule has 3 nitrogen and oxygen atoms in total. The summed E-state index contributed by atoms with van der Waals surface area (Å²) in [5.74, 6) is 0.925. The fourth-order valence-corrected chi connectivity index (χ4v) is 5.22. The Labute approximate surface area is 147 Å². The lowest BCUT2D eigenvalue weighted by molar-refractivity contribution is -0.134. The van der Waals surface area contributed by atoms with Gasteiger partial charge in [0.2, 0.25) is 0 Å². The van der Waals surface area contributed by atoms with Gasteiger partial charge in [0, 0.05) is 6.08 Å². The maximum atomic E-state index is 11.4. The summed E-state index contributed by atoms with van der Waals surface area (Å²) in [6.07, 6.45) is 7.45. The summed E-state index contributed by atoms with van der Waals surface area (Å²) in [6.45, 7) is 13.4. The monoisotopic (exact) mass is 334 g/mol. The third kappa shape index (κ3) is 3.33. The number of carbonyl (C=O) groups is 1. The summed E-state index contributed by atoms with van der Waals surface area (Å²) in [7, 11) is 1.42. The van der Waals surface area contributed by atoms with Gasteiger partial charge in [-0.25, -0.2) is 4.79 Å². The molecule has 2 aliphatic carbocycles. The van der Waals surface area contributed by atoms with Crippen molar-refractivity contribution in [3.8, 4) is 0 Å². The van der Waals surface area contributed by atoms with E-state index < -0.39 is 0 Å². The van der Waals surface area contributed by atoms with E-state index in [1.165, 1.54) is 13.5 Å². The van der Waals surface area contributed by atoms with E-state index in [1.54, 1.807) is 6.08 Å². The number of fused-ring (bicyclic) bond motifs is 1. The zero-order chi connectivity index (χ0) is 18.1. The second-order valence-electron chi connectivity index (χ2n) is 8.55. The minimum Gasteiger partial charge on any atom is -0.466 e. The molecule has 0 saturated heterocycles. The highest BCUT2D eigenvalue weighted by Gasteiger charge is 2.55. The predicted molar refractivity (Wildman–Crippen MR) is 97.5 cm³/mol. The van der Waals surface area contributed by atoms with Crippen LogP contribution >= 0.6 is 0 Å². The molecule has 2 aliphatic rings. The Hall–Kier alpha value is -1.09. The van der Waals surface area contributed by atoms with Crippen LogP contribution in [0, 0.1) is 22.7 Å². The fraction of sp³-hybridized carbons (Fsp3) is 0.762. The summed E-state index contributed by atoms with van der Waals surface area (Å²) in [4.78, 5) is 11.4. The van der Waals surface area contributed by atoms with Crippen molar-refractivity contribution in [2.75, 3.05) is 7.11 Å². The van der Waals surface area contributed by atoms with Crippen LogP contribution in [0.3, 0.4) is 0 Å². The molecule has 0 aliphatic heterocycles. The van der Waals surface area contributed by atoms with Crippen LogP contribution in [0.2, 0.25) is 0 Å². The Kier molecular flexibility index (Phi) is 5.64. The van der Waals surface area contributed by atoms with Crippen LogP contribution in [-0.2, 0) is 9.53 Å². The largest absolute Gasteiger partial charge is 0.466 e. The van der Waals surface area contributed by atoms with E-state index in [1.807, 2.05) is 6.92 Å². The summed E-state index contributed by atoms with van der Waals surface area (Å²) in [5.41, 5.74) is 2.37. The molecule has 0 aromatic rings. The van der Waals surface area contributed by atoms with E-state index in [0.717, 1.165) is 43.3 Å². The molecule has 24 heavy (non-hydrogen) atoms. The van der Waals surface area contributed by atoms with E-state index in [0.29, 0.717) is 11.8 Å². The SMILES string of the molecule is C=C1[C@@H](O)CC[C@@H]2[C@@](C)(CC/C(C)=C/C(=O)OC)[C@H](C)CC[C@@]12C. The van der Waals surface area contributed by atoms with Gasteiger partial charge in [0.25, 0.3) is 0 Å². The van der Waals surface area contributed by atoms with Gasteiger partial charge in [0.1, 0.15) is 0 Å². The molecule has 0 amide bonds. The molecule has 3 heteroatoms. The van der Waals surface area contributed by atoms with Gasteiger partial charge in [-0.05, 0) is 73.7 Å². The number of ether oxygens (including phenoxy) is 1. The van der Waals surface area contributed by atoms with Gasteiger partial charge in [0.15, 0.2) is 0 Å². The van der Waals surface area contributed by atoms with Gasteiger partial charge >= 0.3 is 5.97 Å². The molecular formula is C21H34O3. The Morgan fingerprint density at radius 3 is 2.67 bits per heavy atom. The summed E-state index contributed by atoms with van der Waals surface area (Å²) >= 11 is 0. The molecule has 0 bridgehead atoms. The van der Waals surface area contributed by atoms with E-state index >= 15 is 0 Å². The third-order valence-electron chi connectivity index (χ3n) is 7.28. The molecule has 0 heterocycles. The second-order valence-corrected chi connectivity index (χ2v) is 8.55. The second kappa shape index (κ2) is 7.03. The highest BCUT2D eigenvalue weighted by molar-refractivity contribution is 5.82. The van der Waals surface area contributed by atoms with Crippen LogP contribution in [0.5, 0.6) is 0 Å². The predicted octanol–water partition coefficient (Wildman–Crippen LogP) is 4.66. The lowest BCUT2D eigenvalue weighted by Crippen LogP contribution is -2.52. The van der Waals surface area contributed by atoms with Gasteiger partial charge in [-0.2, -0.15) is 0 Å². The first kappa shape index (κ1) is 19.2. The van der Waals surface area contributed by atoms with Gasteiger partial charge in [-0.15, -0.1) is 0 Å². The lowest BCUT2D eigenvalue weighted by Gasteiger charge is -2.59. The molecule has 0 radical (unpaired) electrons. The molecule has 0 spiro atoms. The molecule has 1 N–H and O–H groups in total. The molecule has 2 saturated carbocycles. The summed E-state index contributed by atoms with van der Waals surface area (Å²) < 4.78 is 4.73. The number of allylic oxidation sites excluding steroid dienone is 1. The van der Waals surface area contributed by atoms with Gasteiger partial charge in [-0.1, -0.05) is 32.9 Å². The Balaban J connectivity index is 2.21. The van der Waals surface area contributed by atoms with Crippen molar-refractivity contribution in [2.24, 2.45) is 22.7 Å². The van der Waals surface area contributed by atoms with Gasteiger partial charge in [-0.3, -0.25) is 0 Å². The molecule has 2 fully saturated rings. The molecule has 5 atom stereocenters. The van der Waals surface area contributed by atoms with Crippen molar-refractivity contribution in [1.29, 1.82) is 0 Å². The standard InChI is InChI=1S/C21H34O3/c1-14(13-19(23)24-6)9-11-20(4)15(2)10-12-21(5)16(3)17(22)7-8-18(20)21/h13,15,17-18,22H,3,7-12H2,1-2,4-6H3/b14-13+/t15-,17+,18-,20+,21+/m1/s1. The van der Waals surface area contributed by atoms with Crippen LogP contribution in [0.25, 0.3) is 0 Å². The fourth-order valence-electron chi connectivity index (χ4n) is 5.22. The topological polar surface area (TPSA) is 46.5 Å². The average Bonchev–Trinajstić information content (AvgIpc) is 2.54. The first-order valence-corrected chi connectivity index (χ1v) is 9.27. The Bertz CT molecular complexity index is 535. The molecule has 2 rings (SSSR count). The summed E-state index contributed by atoms with van der Waals surface area (Å²) in [6, 6.07) is 0. The first-order valence-electron chi connectivity index (χ1n) is 9.27. The molecule has 136 valence electrons. The average molecular weight is 335 g/mol. The minimum atomic E-state index is -0.343. The normalized spacial score (nSPS) is 40.2. The number of hydrogen-bond acceptors (Lipinski definition) is 3. The van der Waals surface area contributed by atoms with Crippen LogP contribution in [0.4, 0.5) is 0 Å². The number of hydrogen-bond donors (Lipinski definition) is 1. The number of aliphatic hydroxyl groups is 1. The first-order chi connectivity index (χ1) is 11.1. The number of methoxy groups -OCH3 is 1. The van der Waals surface area contributed by atoms with Crippen LogP contribution in [0.15, 0.2) is 23.8 Å².